The minimum absolute atomic E-state index is 0.0492. The summed E-state index contributed by atoms with van der Waals surface area (Å²) >= 11 is 3.07. The monoisotopic (exact) mass is 415 g/mol. The van der Waals surface area contributed by atoms with E-state index in [1.807, 2.05) is 6.92 Å². The Morgan fingerprint density at radius 3 is 2.52 bits per heavy atom. The zero-order valence-corrected chi connectivity index (χ0v) is 14.6. The van der Waals surface area contributed by atoms with E-state index in [9.17, 15) is 22.8 Å². The van der Waals surface area contributed by atoms with Crippen LogP contribution in [0.15, 0.2) is 30.5 Å². The summed E-state index contributed by atoms with van der Waals surface area (Å²) in [5.41, 5.74) is -0.0862. The third-order valence-electron chi connectivity index (χ3n) is 4.04. The first-order valence-corrected chi connectivity index (χ1v) is 8.52. The number of anilines is 1. The molecule has 1 amide bonds. The van der Waals surface area contributed by atoms with E-state index >= 15 is 0 Å². The van der Waals surface area contributed by atoms with Crippen LogP contribution in [0, 0.1) is 0 Å². The Kier molecular flexibility index (Phi) is 4.44. The fraction of sp³-hybridized carbons (Fsp3) is 0.312. The number of nitrogens with zero attached hydrogens (tertiary/aromatic N) is 3. The second-order valence-corrected chi connectivity index (χ2v) is 6.28. The molecule has 132 valence electrons. The van der Waals surface area contributed by atoms with Crippen LogP contribution in [0.5, 0.6) is 0 Å². The maximum Gasteiger partial charge on any atom is 0.416 e. The van der Waals surface area contributed by atoms with E-state index in [4.69, 9.17) is 0 Å². The topological polar surface area (TPSA) is 55.2 Å². The van der Waals surface area contributed by atoms with Crippen LogP contribution in [0.1, 0.15) is 39.4 Å². The van der Waals surface area contributed by atoms with Gasteiger partial charge in [0.1, 0.15) is 5.69 Å². The second kappa shape index (κ2) is 6.29. The summed E-state index contributed by atoms with van der Waals surface area (Å²) in [7, 11) is 0. The second-order valence-electron chi connectivity index (χ2n) is 5.72. The van der Waals surface area contributed by atoms with E-state index in [1.54, 1.807) is 0 Å². The molecule has 25 heavy (non-hydrogen) atoms. The largest absolute Gasteiger partial charge is 0.416 e. The summed E-state index contributed by atoms with van der Waals surface area (Å²) in [6.45, 7) is 2.07. The SMILES string of the molecule is CC1CN(c2ccc(C(F)(F)F)cc2)C(=O)c2c(C(=O)CBr)cnn21. The van der Waals surface area contributed by atoms with E-state index < -0.39 is 17.6 Å². The summed E-state index contributed by atoms with van der Waals surface area (Å²) in [5.74, 6) is -0.740. The molecule has 0 spiro atoms. The summed E-state index contributed by atoms with van der Waals surface area (Å²) in [6, 6.07) is 4.16. The van der Waals surface area contributed by atoms with Crippen molar-refractivity contribution in [2.24, 2.45) is 0 Å². The molecule has 0 N–H and O–H groups in total. The summed E-state index contributed by atoms with van der Waals surface area (Å²) in [5, 5.41) is 4.16. The highest BCUT2D eigenvalue weighted by atomic mass is 79.9. The molecule has 0 bridgehead atoms. The molecule has 0 saturated heterocycles. The number of benzene rings is 1. The first-order valence-electron chi connectivity index (χ1n) is 7.40. The molecule has 5 nitrogen and oxygen atoms in total. The maximum absolute atomic E-state index is 12.8. The van der Waals surface area contributed by atoms with Gasteiger partial charge >= 0.3 is 6.18 Å². The molecular formula is C16H13BrF3N3O2. The number of carbonyl (C=O) groups excluding carboxylic acids is 2. The average molecular weight is 416 g/mol. The van der Waals surface area contributed by atoms with Crippen LogP contribution in [-0.4, -0.2) is 33.3 Å². The van der Waals surface area contributed by atoms with E-state index in [0.29, 0.717) is 5.69 Å². The predicted molar refractivity (Wildman–Crippen MR) is 88.2 cm³/mol. The van der Waals surface area contributed by atoms with Gasteiger partial charge in [0.05, 0.1) is 28.7 Å². The van der Waals surface area contributed by atoms with E-state index in [2.05, 4.69) is 21.0 Å². The molecule has 1 aliphatic rings. The highest BCUT2D eigenvalue weighted by Gasteiger charge is 2.35. The third-order valence-corrected chi connectivity index (χ3v) is 4.54. The minimum Gasteiger partial charge on any atom is -0.305 e. The molecule has 2 aromatic rings. The molecule has 9 heteroatoms. The Hall–Kier alpha value is -2.16. The van der Waals surface area contributed by atoms with Crippen molar-refractivity contribution in [2.45, 2.75) is 19.1 Å². The summed E-state index contributed by atoms with van der Waals surface area (Å²) in [4.78, 5) is 26.2. The zero-order chi connectivity index (χ0) is 18.4. The molecule has 3 rings (SSSR count). The maximum atomic E-state index is 12.8. The first kappa shape index (κ1) is 17.7. The number of Topliss-reactive ketones (excluding diaryl/α,β-unsaturated/α-hetero) is 1. The first-order chi connectivity index (χ1) is 11.7. The fourth-order valence-corrected chi connectivity index (χ4v) is 3.09. The number of carbonyl (C=O) groups is 2. The normalized spacial score (nSPS) is 17.6. The lowest BCUT2D eigenvalue weighted by Crippen LogP contribution is -2.43. The van der Waals surface area contributed by atoms with Gasteiger partial charge in [0, 0.05) is 12.2 Å². The van der Waals surface area contributed by atoms with Gasteiger partial charge in [0.2, 0.25) is 0 Å². The zero-order valence-electron chi connectivity index (χ0n) is 13.0. The van der Waals surface area contributed by atoms with E-state index in [-0.39, 0.29) is 35.0 Å². The number of ketones is 1. The van der Waals surface area contributed by atoms with Crippen LogP contribution < -0.4 is 4.90 Å². The highest BCUT2D eigenvalue weighted by molar-refractivity contribution is 9.09. The smallest absolute Gasteiger partial charge is 0.305 e. The third kappa shape index (κ3) is 3.08. The fourth-order valence-electron chi connectivity index (χ4n) is 2.79. The Morgan fingerprint density at radius 1 is 1.32 bits per heavy atom. The van der Waals surface area contributed by atoms with Gasteiger partial charge < -0.3 is 4.90 Å². The molecule has 0 radical (unpaired) electrons. The van der Waals surface area contributed by atoms with Gasteiger partial charge in [-0.1, -0.05) is 15.9 Å². The lowest BCUT2D eigenvalue weighted by Gasteiger charge is -2.32. The number of rotatable bonds is 3. The van der Waals surface area contributed by atoms with Crippen LogP contribution in [-0.2, 0) is 6.18 Å². The molecular weight excluding hydrogens is 403 g/mol. The summed E-state index contributed by atoms with van der Waals surface area (Å²) < 4.78 is 39.6. The lowest BCUT2D eigenvalue weighted by atomic mass is 10.1. The molecule has 2 heterocycles. The van der Waals surface area contributed by atoms with Crippen molar-refractivity contribution in [3.05, 3.63) is 47.3 Å². The summed E-state index contributed by atoms with van der Waals surface area (Å²) in [6.07, 6.45) is -3.09. The molecule has 0 aliphatic carbocycles. The molecule has 0 saturated carbocycles. The molecule has 1 aromatic heterocycles. The Morgan fingerprint density at radius 2 is 1.96 bits per heavy atom. The number of aromatic nitrogens is 2. The number of hydrogen-bond acceptors (Lipinski definition) is 3. The quantitative estimate of drug-likeness (QED) is 0.567. The molecule has 1 unspecified atom stereocenters. The highest BCUT2D eigenvalue weighted by Crippen LogP contribution is 2.32. The van der Waals surface area contributed by atoms with Crippen molar-refractivity contribution < 1.29 is 22.8 Å². The van der Waals surface area contributed by atoms with Gasteiger partial charge in [-0.15, -0.1) is 0 Å². The Balaban J connectivity index is 1.99. The van der Waals surface area contributed by atoms with Crippen molar-refractivity contribution in [2.75, 3.05) is 16.8 Å². The standard InChI is InChI=1S/C16H13BrF3N3O2/c1-9-8-22(11-4-2-10(3-5-11)16(18,19)20)15(25)14-12(13(24)6-17)7-21-23(9)14/h2-5,7,9H,6,8H2,1H3. The van der Waals surface area contributed by atoms with Crippen LogP contribution in [0.2, 0.25) is 0 Å². The van der Waals surface area contributed by atoms with E-state index in [0.717, 1.165) is 12.1 Å². The van der Waals surface area contributed by atoms with Crippen LogP contribution in [0.25, 0.3) is 0 Å². The number of amides is 1. The Bertz CT molecular complexity index is 830. The molecule has 1 atom stereocenters. The van der Waals surface area contributed by atoms with E-state index in [1.165, 1.54) is 27.9 Å². The van der Waals surface area contributed by atoms with Gasteiger partial charge in [-0.3, -0.25) is 14.3 Å². The van der Waals surface area contributed by atoms with Crippen molar-refractivity contribution in [1.82, 2.24) is 9.78 Å². The van der Waals surface area contributed by atoms with Crippen LogP contribution in [0.3, 0.4) is 0 Å². The van der Waals surface area contributed by atoms with Gasteiger partial charge in [0.15, 0.2) is 5.78 Å². The van der Waals surface area contributed by atoms with Crippen molar-refractivity contribution >= 4 is 33.3 Å². The van der Waals surface area contributed by atoms with Crippen molar-refractivity contribution in [3.8, 4) is 0 Å². The number of hydrogen-bond donors (Lipinski definition) is 0. The van der Waals surface area contributed by atoms with Gasteiger partial charge in [-0.2, -0.15) is 18.3 Å². The van der Waals surface area contributed by atoms with Crippen LogP contribution in [0.4, 0.5) is 18.9 Å². The molecule has 1 aliphatic heterocycles. The van der Waals surface area contributed by atoms with Gasteiger partial charge in [-0.25, -0.2) is 0 Å². The molecule has 1 aromatic carbocycles. The van der Waals surface area contributed by atoms with Crippen molar-refractivity contribution in [1.29, 1.82) is 0 Å². The lowest BCUT2D eigenvalue weighted by molar-refractivity contribution is -0.137. The van der Waals surface area contributed by atoms with Gasteiger partial charge in [-0.05, 0) is 31.2 Å². The van der Waals surface area contributed by atoms with Gasteiger partial charge in [0.25, 0.3) is 5.91 Å². The van der Waals surface area contributed by atoms with Crippen molar-refractivity contribution in [3.63, 3.8) is 0 Å². The molecule has 0 fully saturated rings. The number of halogens is 4. The van der Waals surface area contributed by atoms with Crippen LogP contribution >= 0.6 is 15.9 Å². The number of fused-ring (bicyclic) bond motifs is 1. The predicted octanol–water partition coefficient (Wildman–Crippen LogP) is 3.70. The minimum atomic E-state index is -4.44. The average Bonchev–Trinajstić information content (AvgIpc) is 3.02. The number of alkyl halides is 4. The Labute approximate surface area is 149 Å².